The van der Waals surface area contributed by atoms with Crippen LogP contribution in [0.25, 0.3) is 5.65 Å². The zero-order valence-electron chi connectivity index (χ0n) is 11.0. The molecule has 5 nitrogen and oxygen atoms in total. The van der Waals surface area contributed by atoms with E-state index in [1.165, 1.54) is 0 Å². The highest BCUT2D eigenvalue weighted by Gasteiger charge is 2.07. The first-order chi connectivity index (χ1) is 9.15. The molecule has 0 radical (unpaired) electrons. The summed E-state index contributed by atoms with van der Waals surface area (Å²) in [4.78, 5) is 16.1. The van der Waals surface area contributed by atoms with Crippen LogP contribution in [-0.4, -0.2) is 33.0 Å². The summed E-state index contributed by atoms with van der Waals surface area (Å²) in [5.74, 6) is -0.0333. The van der Waals surface area contributed by atoms with Crippen molar-refractivity contribution < 1.29 is 9.90 Å². The van der Waals surface area contributed by atoms with Gasteiger partial charge in [0.25, 0.3) is 0 Å². The molecule has 102 valence electrons. The molecule has 1 amide bonds. The summed E-state index contributed by atoms with van der Waals surface area (Å²) in [6.45, 7) is 2.34. The predicted molar refractivity (Wildman–Crippen MR) is 72.8 cm³/mol. The Morgan fingerprint density at radius 2 is 2.37 bits per heavy atom. The van der Waals surface area contributed by atoms with Crippen molar-refractivity contribution >= 4 is 11.6 Å². The number of amides is 1. The van der Waals surface area contributed by atoms with E-state index in [4.69, 9.17) is 5.11 Å². The standard InChI is InChI=1S/C14H19N3O2/c1-11(18)5-4-7-15-14(19)9-12-10-17-8-3-2-6-13(17)16-12/h2-3,6,8,10-11,18H,4-5,7,9H2,1H3,(H,15,19). The number of nitrogens with zero attached hydrogens (tertiary/aromatic N) is 2. The number of hydrogen-bond donors (Lipinski definition) is 2. The first kappa shape index (κ1) is 13.5. The Labute approximate surface area is 112 Å². The normalized spacial score (nSPS) is 12.5. The SMILES string of the molecule is CC(O)CCCNC(=O)Cc1cn2ccccc2n1. The Balaban J connectivity index is 1.81. The smallest absolute Gasteiger partial charge is 0.226 e. The maximum atomic E-state index is 11.7. The molecule has 2 heterocycles. The number of carbonyl (C=O) groups is 1. The van der Waals surface area contributed by atoms with Gasteiger partial charge in [0.15, 0.2) is 0 Å². The quantitative estimate of drug-likeness (QED) is 0.767. The molecule has 0 aromatic carbocycles. The summed E-state index contributed by atoms with van der Waals surface area (Å²) in [6, 6.07) is 5.75. The molecule has 0 fully saturated rings. The third kappa shape index (κ3) is 4.06. The fraction of sp³-hybridized carbons (Fsp3) is 0.429. The van der Waals surface area contributed by atoms with Gasteiger partial charge in [-0.1, -0.05) is 6.07 Å². The second-order valence-electron chi connectivity index (χ2n) is 4.72. The maximum Gasteiger partial charge on any atom is 0.226 e. The lowest BCUT2D eigenvalue weighted by Gasteiger charge is -2.05. The monoisotopic (exact) mass is 261 g/mol. The lowest BCUT2D eigenvalue weighted by atomic mass is 10.2. The molecule has 2 aromatic rings. The van der Waals surface area contributed by atoms with Crippen LogP contribution in [0.3, 0.4) is 0 Å². The number of imidazole rings is 1. The van der Waals surface area contributed by atoms with Crippen molar-refractivity contribution in [1.82, 2.24) is 14.7 Å². The molecule has 1 unspecified atom stereocenters. The van der Waals surface area contributed by atoms with E-state index in [-0.39, 0.29) is 18.4 Å². The minimum absolute atomic E-state index is 0.0333. The topological polar surface area (TPSA) is 66.6 Å². The first-order valence-corrected chi connectivity index (χ1v) is 6.52. The Morgan fingerprint density at radius 1 is 1.53 bits per heavy atom. The van der Waals surface area contributed by atoms with E-state index in [1.54, 1.807) is 6.92 Å². The summed E-state index contributed by atoms with van der Waals surface area (Å²) in [5, 5.41) is 11.9. The number of aliphatic hydroxyl groups excluding tert-OH is 1. The molecular formula is C14H19N3O2. The van der Waals surface area contributed by atoms with Gasteiger partial charge in [-0.2, -0.15) is 0 Å². The highest BCUT2D eigenvalue weighted by Crippen LogP contribution is 2.05. The van der Waals surface area contributed by atoms with Crippen LogP contribution in [0.5, 0.6) is 0 Å². The molecule has 5 heteroatoms. The second-order valence-corrected chi connectivity index (χ2v) is 4.72. The Hall–Kier alpha value is -1.88. The molecule has 19 heavy (non-hydrogen) atoms. The van der Waals surface area contributed by atoms with E-state index in [2.05, 4.69) is 10.3 Å². The van der Waals surface area contributed by atoms with E-state index in [0.29, 0.717) is 13.0 Å². The average molecular weight is 261 g/mol. The largest absolute Gasteiger partial charge is 0.393 e. The van der Waals surface area contributed by atoms with Crippen molar-refractivity contribution in [3.8, 4) is 0 Å². The lowest BCUT2D eigenvalue weighted by Crippen LogP contribution is -2.26. The van der Waals surface area contributed by atoms with Crippen LogP contribution in [0, 0.1) is 0 Å². The third-order valence-electron chi connectivity index (χ3n) is 2.88. The van der Waals surface area contributed by atoms with E-state index < -0.39 is 0 Å². The van der Waals surface area contributed by atoms with Crippen molar-refractivity contribution in [2.24, 2.45) is 0 Å². The van der Waals surface area contributed by atoms with Gasteiger partial charge in [0.2, 0.25) is 5.91 Å². The van der Waals surface area contributed by atoms with Crippen LogP contribution in [-0.2, 0) is 11.2 Å². The molecule has 0 bridgehead atoms. The predicted octanol–water partition coefficient (Wildman–Crippen LogP) is 1.15. The van der Waals surface area contributed by atoms with Crippen LogP contribution < -0.4 is 5.32 Å². The zero-order chi connectivity index (χ0) is 13.7. The van der Waals surface area contributed by atoms with Crippen molar-refractivity contribution in [3.63, 3.8) is 0 Å². The third-order valence-corrected chi connectivity index (χ3v) is 2.88. The fourth-order valence-electron chi connectivity index (χ4n) is 1.92. The van der Waals surface area contributed by atoms with Gasteiger partial charge in [0, 0.05) is 18.9 Å². The maximum absolute atomic E-state index is 11.7. The molecule has 0 saturated carbocycles. The Bertz CT molecular complexity index is 515. The average Bonchev–Trinajstić information content (AvgIpc) is 2.76. The molecule has 0 aliphatic rings. The van der Waals surface area contributed by atoms with Crippen LogP contribution in [0.4, 0.5) is 0 Å². The number of fused-ring (bicyclic) bond motifs is 1. The minimum Gasteiger partial charge on any atom is -0.393 e. The Kier molecular flexibility index (Phi) is 4.52. The molecule has 2 rings (SSSR count). The highest BCUT2D eigenvalue weighted by molar-refractivity contribution is 5.78. The van der Waals surface area contributed by atoms with Gasteiger partial charge in [0.1, 0.15) is 5.65 Å². The van der Waals surface area contributed by atoms with Crippen LogP contribution in [0.1, 0.15) is 25.5 Å². The van der Waals surface area contributed by atoms with Gasteiger partial charge in [-0.3, -0.25) is 4.79 Å². The first-order valence-electron chi connectivity index (χ1n) is 6.52. The summed E-state index contributed by atoms with van der Waals surface area (Å²) in [5.41, 5.74) is 1.61. The van der Waals surface area contributed by atoms with Gasteiger partial charge in [0.05, 0.1) is 18.2 Å². The van der Waals surface area contributed by atoms with Gasteiger partial charge >= 0.3 is 0 Å². The van der Waals surface area contributed by atoms with Crippen molar-refractivity contribution in [3.05, 3.63) is 36.3 Å². The molecule has 0 aliphatic carbocycles. The summed E-state index contributed by atoms with van der Waals surface area (Å²) in [7, 11) is 0. The lowest BCUT2D eigenvalue weighted by molar-refractivity contribution is -0.120. The van der Waals surface area contributed by atoms with Gasteiger partial charge < -0.3 is 14.8 Å². The van der Waals surface area contributed by atoms with Crippen LogP contribution in [0.15, 0.2) is 30.6 Å². The zero-order valence-corrected chi connectivity index (χ0v) is 11.0. The van der Waals surface area contributed by atoms with E-state index in [1.807, 2.05) is 35.0 Å². The van der Waals surface area contributed by atoms with E-state index >= 15 is 0 Å². The molecule has 1 atom stereocenters. The number of rotatable bonds is 6. The number of aliphatic hydroxyl groups is 1. The number of pyridine rings is 1. The highest BCUT2D eigenvalue weighted by atomic mass is 16.3. The molecular weight excluding hydrogens is 242 g/mol. The van der Waals surface area contributed by atoms with Crippen LogP contribution >= 0.6 is 0 Å². The van der Waals surface area contributed by atoms with Crippen LogP contribution in [0.2, 0.25) is 0 Å². The van der Waals surface area contributed by atoms with Crippen molar-refractivity contribution in [2.45, 2.75) is 32.3 Å². The van der Waals surface area contributed by atoms with E-state index in [9.17, 15) is 4.79 Å². The second kappa shape index (κ2) is 6.33. The molecule has 2 N–H and O–H groups in total. The van der Waals surface area contributed by atoms with E-state index in [0.717, 1.165) is 17.8 Å². The fourth-order valence-corrected chi connectivity index (χ4v) is 1.92. The molecule has 0 saturated heterocycles. The molecule has 0 aliphatic heterocycles. The number of carbonyl (C=O) groups excluding carboxylic acids is 1. The molecule has 0 spiro atoms. The van der Waals surface area contributed by atoms with Crippen molar-refractivity contribution in [1.29, 1.82) is 0 Å². The summed E-state index contributed by atoms with van der Waals surface area (Å²) >= 11 is 0. The number of nitrogens with one attached hydrogen (secondary N) is 1. The molecule has 2 aromatic heterocycles. The van der Waals surface area contributed by atoms with Crippen molar-refractivity contribution in [2.75, 3.05) is 6.54 Å². The Morgan fingerprint density at radius 3 is 3.11 bits per heavy atom. The number of hydrogen-bond acceptors (Lipinski definition) is 3. The minimum atomic E-state index is -0.310. The van der Waals surface area contributed by atoms with Gasteiger partial charge in [-0.25, -0.2) is 4.98 Å². The summed E-state index contributed by atoms with van der Waals surface area (Å²) < 4.78 is 1.90. The van der Waals surface area contributed by atoms with Gasteiger partial charge in [-0.05, 0) is 31.9 Å². The number of aromatic nitrogens is 2. The van der Waals surface area contributed by atoms with Gasteiger partial charge in [-0.15, -0.1) is 0 Å². The summed E-state index contributed by atoms with van der Waals surface area (Å²) in [6.07, 6.45) is 5.24.